The van der Waals surface area contributed by atoms with Crippen molar-refractivity contribution in [3.8, 4) is 5.75 Å². The molecule has 1 fully saturated rings. The fourth-order valence-electron chi connectivity index (χ4n) is 4.01. The molecule has 0 amide bonds. The summed E-state index contributed by atoms with van der Waals surface area (Å²) in [7, 11) is 0. The van der Waals surface area contributed by atoms with Crippen LogP contribution in [0.1, 0.15) is 98.5 Å². The summed E-state index contributed by atoms with van der Waals surface area (Å²) in [6, 6.07) is 8.70. The molecule has 1 aliphatic rings. The van der Waals surface area contributed by atoms with Crippen LogP contribution in [0.3, 0.4) is 0 Å². The maximum atomic E-state index is 6.07. The van der Waals surface area contributed by atoms with Gasteiger partial charge in [-0.2, -0.15) is 0 Å². The third kappa shape index (κ3) is 6.95. The Morgan fingerprint density at radius 2 is 1.50 bits per heavy atom. The van der Waals surface area contributed by atoms with Gasteiger partial charge in [-0.15, -0.1) is 0 Å². The fraction of sp³-hybridized carbons (Fsp3) is 0.750. The summed E-state index contributed by atoms with van der Waals surface area (Å²) in [6.07, 6.45) is 7.63. The van der Waals surface area contributed by atoms with Gasteiger partial charge in [0.2, 0.25) is 0 Å². The maximum Gasteiger partial charge on any atom is 0.197 e. The smallest absolute Gasteiger partial charge is 0.197 e. The van der Waals surface area contributed by atoms with Crippen LogP contribution in [0.5, 0.6) is 5.75 Å². The topological polar surface area (TPSA) is 18.5 Å². The Morgan fingerprint density at radius 3 is 2.00 bits per heavy atom. The number of ether oxygens (including phenoxy) is 2. The van der Waals surface area contributed by atoms with E-state index in [1.54, 1.807) is 0 Å². The molecule has 1 aromatic carbocycles. The first-order valence-corrected chi connectivity index (χ1v) is 10.5. The largest absolute Gasteiger partial charge is 0.465 e. The molecule has 0 saturated heterocycles. The van der Waals surface area contributed by atoms with Gasteiger partial charge in [0.25, 0.3) is 0 Å². The second kappa shape index (κ2) is 8.78. The molecule has 0 aromatic heterocycles. The van der Waals surface area contributed by atoms with Crippen LogP contribution >= 0.6 is 0 Å². The summed E-state index contributed by atoms with van der Waals surface area (Å²) >= 11 is 0. The molecule has 1 aromatic rings. The molecule has 0 spiro atoms. The van der Waals surface area contributed by atoms with Crippen molar-refractivity contribution in [1.29, 1.82) is 0 Å². The van der Waals surface area contributed by atoms with Crippen molar-refractivity contribution in [3.05, 3.63) is 29.8 Å². The van der Waals surface area contributed by atoms with Crippen molar-refractivity contribution in [2.45, 2.75) is 105 Å². The molecule has 0 heterocycles. The molecule has 2 heteroatoms. The van der Waals surface area contributed by atoms with E-state index in [0.29, 0.717) is 17.4 Å². The van der Waals surface area contributed by atoms with Gasteiger partial charge in [0.05, 0.1) is 6.10 Å². The Morgan fingerprint density at radius 1 is 0.923 bits per heavy atom. The zero-order chi connectivity index (χ0) is 19.4. The SMILES string of the molecule is CC(Oc1ccc(C(CC(C)(C)C)C(C)(C)C)cc1)OC1CCCCC1. The van der Waals surface area contributed by atoms with Crippen molar-refractivity contribution >= 4 is 0 Å². The second-order valence-electron chi connectivity index (χ2n) is 10.3. The highest BCUT2D eigenvalue weighted by molar-refractivity contribution is 5.30. The molecule has 2 nitrogen and oxygen atoms in total. The van der Waals surface area contributed by atoms with Gasteiger partial charge in [0.1, 0.15) is 5.75 Å². The Kier molecular flexibility index (Phi) is 7.19. The van der Waals surface area contributed by atoms with E-state index in [0.717, 1.165) is 5.75 Å². The van der Waals surface area contributed by atoms with E-state index in [9.17, 15) is 0 Å². The highest BCUT2D eigenvalue weighted by Gasteiger charge is 2.30. The van der Waals surface area contributed by atoms with Gasteiger partial charge in [-0.1, -0.05) is 72.9 Å². The highest BCUT2D eigenvalue weighted by Crippen LogP contribution is 2.43. The summed E-state index contributed by atoms with van der Waals surface area (Å²) < 4.78 is 12.1. The molecule has 2 atom stereocenters. The average molecular weight is 361 g/mol. The molecule has 0 N–H and O–H groups in total. The first kappa shape index (κ1) is 21.3. The first-order valence-electron chi connectivity index (χ1n) is 10.5. The Hall–Kier alpha value is -1.02. The van der Waals surface area contributed by atoms with Crippen molar-refractivity contribution < 1.29 is 9.47 Å². The van der Waals surface area contributed by atoms with Crippen molar-refractivity contribution in [2.24, 2.45) is 10.8 Å². The lowest BCUT2D eigenvalue weighted by atomic mass is 9.69. The first-order chi connectivity index (χ1) is 12.0. The van der Waals surface area contributed by atoms with E-state index in [1.807, 2.05) is 6.92 Å². The minimum Gasteiger partial charge on any atom is -0.465 e. The number of hydrogen-bond donors (Lipinski definition) is 0. The third-order valence-electron chi connectivity index (χ3n) is 5.38. The van der Waals surface area contributed by atoms with Crippen molar-refractivity contribution in [3.63, 3.8) is 0 Å². The lowest BCUT2D eigenvalue weighted by molar-refractivity contribution is -0.116. The van der Waals surface area contributed by atoms with Gasteiger partial charge < -0.3 is 9.47 Å². The number of benzene rings is 1. The number of hydrogen-bond acceptors (Lipinski definition) is 2. The van der Waals surface area contributed by atoms with Crippen LogP contribution in [0.25, 0.3) is 0 Å². The average Bonchev–Trinajstić information content (AvgIpc) is 2.52. The van der Waals surface area contributed by atoms with Gasteiger partial charge >= 0.3 is 0 Å². The van der Waals surface area contributed by atoms with Crippen LogP contribution in [-0.4, -0.2) is 12.4 Å². The third-order valence-corrected chi connectivity index (χ3v) is 5.38. The van der Waals surface area contributed by atoms with Crippen LogP contribution in [-0.2, 0) is 4.74 Å². The monoisotopic (exact) mass is 360 g/mol. The van der Waals surface area contributed by atoms with Crippen LogP contribution in [0.15, 0.2) is 24.3 Å². The zero-order valence-electron chi connectivity index (χ0n) is 18.1. The van der Waals surface area contributed by atoms with E-state index in [-0.39, 0.29) is 11.7 Å². The van der Waals surface area contributed by atoms with Gasteiger partial charge in [-0.3, -0.25) is 0 Å². The summed E-state index contributed by atoms with van der Waals surface area (Å²) in [4.78, 5) is 0. The summed E-state index contributed by atoms with van der Waals surface area (Å²) in [5.74, 6) is 1.44. The summed E-state index contributed by atoms with van der Waals surface area (Å²) in [5.41, 5.74) is 1.96. The number of rotatable bonds is 6. The molecule has 0 aliphatic heterocycles. The minimum absolute atomic E-state index is 0.183. The quantitative estimate of drug-likeness (QED) is 0.494. The Balaban J connectivity index is 1.99. The van der Waals surface area contributed by atoms with E-state index < -0.39 is 0 Å². The molecular weight excluding hydrogens is 320 g/mol. The maximum absolute atomic E-state index is 6.07. The molecule has 0 radical (unpaired) electrons. The van der Waals surface area contributed by atoms with E-state index in [1.165, 1.54) is 44.1 Å². The molecule has 2 unspecified atom stereocenters. The van der Waals surface area contributed by atoms with Crippen molar-refractivity contribution in [1.82, 2.24) is 0 Å². The normalized spacial score (nSPS) is 19.2. The molecule has 26 heavy (non-hydrogen) atoms. The van der Waals surface area contributed by atoms with Gasteiger partial charge in [-0.05, 0) is 60.6 Å². The van der Waals surface area contributed by atoms with Gasteiger partial charge in [0.15, 0.2) is 6.29 Å². The molecule has 1 saturated carbocycles. The lowest BCUT2D eigenvalue weighted by Crippen LogP contribution is -2.26. The van der Waals surface area contributed by atoms with E-state index >= 15 is 0 Å². The summed E-state index contributed by atoms with van der Waals surface area (Å²) in [6.45, 7) is 16.0. The minimum atomic E-state index is -0.183. The molecule has 1 aliphatic carbocycles. The Bertz CT molecular complexity index is 527. The van der Waals surface area contributed by atoms with E-state index in [4.69, 9.17) is 9.47 Å². The molecule has 0 bridgehead atoms. The van der Waals surface area contributed by atoms with Crippen LogP contribution in [0.4, 0.5) is 0 Å². The zero-order valence-corrected chi connectivity index (χ0v) is 18.1. The van der Waals surface area contributed by atoms with Gasteiger partial charge in [-0.25, -0.2) is 0 Å². The molecule has 2 rings (SSSR count). The predicted molar refractivity (Wildman–Crippen MR) is 111 cm³/mol. The van der Waals surface area contributed by atoms with Crippen LogP contribution in [0.2, 0.25) is 0 Å². The standard InChI is InChI=1S/C24H40O2/c1-18(25-20-11-9-8-10-12-20)26-21-15-13-19(14-16-21)22(24(5,6)7)17-23(2,3)4/h13-16,18,20,22H,8-12,17H2,1-7H3. The van der Waals surface area contributed by atoms with E-state index in [2.05, 4.69) is 65.8 Å². The fourth-order valence-corrected chi connectivity index (χ4v) is 4.01. The highest BCUT2D eigenvalue weighted by atomic mass is 16.7. The van der Waals surface area contributed by atoms with Gasteiger partial charge in [0, 0.05) is 0 Å². The van der Waals surface area contributed by atoms with Crippen molar-refractivity contribution in [2.75, 3.05) is 0 Å². The predicted octanol–water partition coefficient (Wildman–Crippen LogP) is 7.33. The molecular formula is C24H40O2. The lowest BCUT2D eigenvalue weighted by Gasteiger charge is -2.36. The second-order valence-corrected chi connectivity index (χ2v) is 10.3. The summed E-state index contributed by atoms with van der Waals surface area (Å²) in [5, 5.41) is 0. The Labute approximate surface area is 161 Å². The molecule has 148 valence electrons. The van der Waals surface area contributed by atoms with Crippen LogP contribution < -0.4 is 4.74 Å². The van der Waals surface area contributed by atoms with Crippen LogP contribution in [0, 0.1) is 10.8 Å².